The van der Waals surface area contributed by atoms with E-state index in [2.05, 4.69) is 0 Å². The minimum atomic E-state index is -0.801. The van der Waals surface area contributed by atoms with Gasteiger partial charge in [0.1, 0.15) is 5.75 Å². The summed E-state index contributed by atoms with van der Waals surface area (Å²) in [5.74, 6) is 0.0211. The third-order valence-electron chi connectivity index (χ3n) is 3.97. The van der Waals surface area contributed by atoms with Crippen molar-refractivity contribution in [3.8, 4) is 5.75 Å². The molecule has 1 fully saturated rings. The van der Waals surface area contributed by atoms with Crippen LogP contribution in [0.2, 0.25) is 0 Å². The van der Waals surface area contributed by atoms with Crippen molar-refractivity contribution < 1.29 is 19.4 Å². The SMILES string of the molecule is O=C(O)CC[C@@H]1CCCCN1C(=O)CCOc1ccccc1. The van der Waals surface area contributed by atoms with Crippen LogP contribution in [-0.4, -0.2) is 41.1 Å². The number of hydrogen-bond donors (Lipinski definition) is 1. The van der Waals surface area contributed by atoms with Gasteiger partial charge in [0.25, 0.3) is 0 Å². The molecule has 1 N–H and O–H groups in total. The summed E-state index contributed by atoms with van der Waals surface area (Å²) in [5, 5.41) is 8.81. The first-order chi connectivity index (χ1) is 10.7. The van der Waals surface area contributed by atoms with E-state index >= 15 is 0 Å². The molecular weight excluding hydrogens is 282 g/mol. The number of hydrogen-bond acceptors (Lipinski definition) is 3. The summed E-state index contributed by atoms with van der Waals surface area (Å²) in [6.07, 6.45) is 3.95. The van der Waals surface area contributed by atoms with Crippen LogP contribution in [0.1, 0.15) is 38.5 Å². The van der Waals surface area contributed by atoms with Crippen LogP contribution < -0.4 is 4.74 Å². The smallest absolute Gasteiger partial charge is 0.303 e. The number of ether oxygens (including phenoxy) is 1. The Bertz CT molecular complexity index is 489. The van der Waals surface area contributed by atoms with E-state index in [4.69, 9.17) is 9.84 Å². The summed E-state index contributed by atoms with van der Waals surface area (Å²) in [6.45, 7) is 1.08. The molecule has 1 amide bonds. The molecule has 0 radical (unpaired) electrons. The predicted molar refractivity (Wildman–Crippen MR) is 82.8 cm³/mol. The maximum absolute atomic E-state index is 12.3. The highest BCUT2D eigenvalue weighted by Crippen LogP contribution is 2.22. The van der Waals surface area contributed by atoms with Gasteiger partial charge in [-0.3, -0.25) is 9.59 Å². The van der Waals surface area contributed by atoms with Gasteiger partial charge in [0.2, 0.25) is 5.91 Å². The normalized spacial score (nSPS) is 18.0. The fraction of sp³-hybridized carbons (Fsp3) is 0.529. The van der Waals surface area contributed by atoms with Crippen LogP contribution in [0.25, 0.3) is 0 Å². The van der Waals surface area contributed by atoms with Crippen molar-refractivity contribution in [2.75, 3.05) is 13.2 Å². The van der Waals surface area contributed by atoms with Crippen molar-refractivity contribution in [1.29, 1.82) is 0 Å². The number of piperidine rings is 1. The zero-order valence-corrected chi connectivity index (χ0v) is 12.7. The van der Waals surface area contributed by atoms with Gasteiger partial charge in [-0.2, -0.15) is 0 Å². The van der Waals surface area contributed by atoms with Gasteiger partial charge in [-0.05, 0) is 37.8 Å². The third kappa shape index (κ3) is 5.06. The predicted octanol–water partition coefficient (Wildman–Crippen LogP) is 2.70. The van der Waals surface area contributed by atoms with Crippen molar-refractivity contribution in [2.45, 2.75) is 44.6 Å². The molecule has 120 valence electrons. The fourth-order valence-corrected chi connectivity index (χ4v) is 2.84. The van der Waals surface area contributed by atoms with Crippen LogP contribution in [0.15, 0.2) is 30.3 Å². The van der Waals surface area contributed by atoms with E-state index in [0.717, 1.165) is 31.6 Å². The average molecular weight is 305 g/mol. The molecule has 5 nitrogen and oxygen atoms in total. The summed E-state index contributed by atoms with van der Waals surface area (Å²) >= 11 is 0. The quantitative estimate of drug-likeness (QED) is 0.841. The van der Waals surface area contributed by atoms with Crippen LogP contribution in [-0.2, 0) is 9.59 Å². The first kappa shape index (κ1) is 16.3. The number of likely N-dealkylation sites (tertiary alicyclic amines) is 1. The number of aliphatic carboxylic acids is 1. The first-order valence-electron chi connectivity index (χ1n) is 7.86. The van der Waals surface area contributed by atoms with E-state index < -0.39 is 5.97 Å². The van der Waals surface area contributed by atoms with Crippen molar-refractivity contribution >= 4 is 11.9 Å². The minimum absolute atomic E-state index is 0.0611. The van der Waals surface area contributed by atoms with Gasteiger partial charge in [-0.25, -0.2) is 0 Å². The second kappa shape index (κ2) is 8.41. The van der Waals surface area contributed by atoms with Crippen molar-refractivity contribution in [2.24, 2.45) is 0 Å². The second-order valence-corrected chi connectivity index (χ2v) is 5.58. The van der Waals surface area contributed by atoms with Gasteiger partial charge in [-0.15, -0.1) is 0 Å². The Hall–Kier alpha value is -2.04. The van der Waals surface area contributed by atoms with E-state index in [1.807, 2.05) is 35.2 Å². The number of nitrogens with zero attached hydrogens (tertiary/aromatic N) is 1. The fourth-order valence-electron chi connectivity index (χ4n) is 2.84. The van der Waals surface area contributed by atoms with Gasteiger partial charge in [0, 0.05) is 19.0 Å². The highest BCUT2D eigenvalue weighted by atomic mass is 16.5. The number of benzene rings is 1. The number of carbonyl (C=O) groups excluding carboxylic acids is 1. The molecule has 1 heterocycles. The summed E-state index contributed by atoms with van der Waals surface area (Å²) in [6, 6.07) is 9.49. The van der Waals surface area contributed by atoms with E-state index in [-0.39, 0.29) is 18.4 Å². The molecule has 0 unspecified atom stereocenters. The molecule has 1 saturated heterocycles. The number of carbonyl (C=O) groups is 2. The molecule has 22 heavy (non-hydrogen) atoms. The minimum Gasteiger partial charge on any atom is -0.493 e. The largest absolute Gasteiger partial charge is 0.493 e. The highest BCUT2D eigenvalue weighted by molar-refractivity contribution is 5.77. The van der Waals surface area contributed by atoms with Crippen LogP contribution in [0.5, 0.6) is 5.75 Å². The summed E-state index contributed by atoms with van der Waals surface area (Å²) in [7, 11) is 0. The average Bonchev–Trinajstić information content (AvgIpc) is 2.54. The number of para-hydroxylation sites is 1. The first-order valence-corrected chi connectivity index (χ1v) is 7.86. The molecule has 1 aromatic rings. The highest BCUT2D eigenvalue weighted by Gasteiger charge is 2.26. The van der Waals surface area contributed by atoms with Crippen LogP contribution in [0.3, 0.4) is 0 Å². The Morgan fingerprint density at radius 1 is 1.18 bits per heavy atom. The maximum Gasteiger partial charge on any atom is 0.303 e. The zero-order chi connectivity index (χ0) is 15.8. The molecule has 1 aliphatic heterocycles. The van der Waals surface area contributed by atoms with Crippen LogP contribution in [0.4, 0.5) is 0 Å². The molecule has 2 rings (SSSR count). The molecule has 1 aromatic carbocycles. The van der Waals surface area contributed by atoms with Crippen LogP contribution >= 0.6 is 0 Å². The molecule has 1 atom stereocenters. The van der Waals surface area contributed by atoms with E-state index in [1.165, 1.54) is 0 Å². The Balaban J connectivity index is 1.79. The molecule has 0 saturated carbocycles. The van der Waals surface area contributed by atoms with Gasteiger partial charge < -0.3 is 14.7 Å². The summed E-state index contributed by atoms with van der Waals surface area (Å²) < 4.78 is 5.56. The van der Waals surface area contributed by atoms with E-state index in [0.29, 0.717) is 19.4 Å². The molecule has 0 aliphatic carbocycles. The molecule has 5 heteroatoms. The Morgan fingerprint density at radius 2 is 1.95 bits per heavy atom. The van der Waals surface area contributed by atoms with Gasteiger partial charge in [0.05, 0.1) is 13.0 Å². The lowest BCUT2D eigenvalue weighted by molar-refractivity contribution is -0.140. The van der Waals surface area contributed by atoms with Gasteiger partial charge in [-0.1, -0.05) is 18.2 Å². The molecule has 1 aliphatic rings. The topological polar surface area (TPSA) is 66.8 Å². The summed E-state index contributed by atoms with van der Waals surface area (Å²) in [5.41, 5.74) is 0. The molecule has 0 bridgehead atoms. The standard InChI is InChI=1S/C17H23NO4/c19-16(11-13-22-15-7-2-1-3-8-15)18-12-5-4-6-14(18)9-10-17(20)21/h1-3,7-8,14H,4-6,9-13H2,(H,20,21)/t14-/m0/s1. The molecule has 0 aromatic heterocycles. The number of rotatable bonds is 7. The van der Waals surface area contributed by atoms with E-state index in [9.17, 15) is 9.59 Å². The molecular formula is C17H23NO4. The lowest BCUT2D eigenvalue weighted by atomic mass is 9.97. The van der Waals surface area contributed by atoms with Crippen molar-refractivity contribution in [3.63, 3.8) is 0 Å². The Morgan fingerprint density at radius 3 is 2.68 bits per heavy atom. The maximum atomic E-state index is 12.3. The lowest BCUT2D eigenvalue weighted by Crippen LogP contribution is -2.44. The second-order valence-electron chi connectivity index (χ2n) is 5.58. The monoisotopic (exact) mass is 305 g/mol. The Kier molecular flexibility index (Phi) is 6.25. The van der Waals surface area contributed by atoms with Crippen LogP contribution in [0, 0.1) is 0 Å². The summed E-state index contributed by atoms with van der Waals surface area (Å²) in [4.78, 5) is 24.9. The molecule has 0 spiro atoms. The van der Waals surface area contributed by atoms with Gasteiger partial charge >= 0.3 is 5.97 Å². The zero-order valence-electron chi connectivity index (χ0n) is 12.7. The Labute approximate surface area is 130 Å². The lowest BCUT2D eigenvalue weighted by Gasteiger charge is -2.35. The number of carboxylic acid groups (broad SMARTS) is 1. The van der Waals surface area contributed by atoms with E-state index in [1.54, 1.807) is 0 Å². The van der Waals surface area contributed by atoms with Crippen molar-refractivity contribution in [3.05, 3.63) is 30.3 Å². The third-order valence-corrected chi connectivity index (χ3v) is 3.97. The number of amides is 1. The van der Waals surface area contributed by atoms with Gasteiger partial charge in [0.15, 0.2) is 0 Å². The number of carboxylic acids is 1. The van der Waals surface area contributed by atoms with Crippen molar-refractivity contribution in [1.82, 2.24) is 4.90 Å².